The van der Waals surface area contributed by atoms with Gasteiger partial charge >= 0.3 is 0 Å². The van der Waals surface area contributed by atoms with Crippen LogP contribution in [0, 0.1) is 5.92 Å². The average Bonchev–Trinajstić information content (AvgIpc) is 3.53. The van der Waals surface area contributed by atoms with E-state index in [1.54, 1.807) is 13.1 Å². The van der Waals surface area contributed by atoms with Crippen molar-refractivity contribution in [2.24, 2.45) is 5.92 Å². The van der Waals surface area contributed by atoms with Crippen LogP contribution in [0.1, 0.15) is 35.0 Å². The minimum Gasteiger partial charge on any atom is -0.352 e. The maximum Gasteiger partial charge on any atom is 0.227 e. The summed E-state index contributed by atoms with van der Waals surface area (Å²) in [7, 11) is 0. The van der Waals surface area contributed by atoms with E-state index in [4.69, 9.17) is 4.98 Å². The molecule has 2 fully saturated rings. The molecule has 0 unspecified atom stereocenters. The number of fused-ring (bicyclic) bond motifs is 1. The number of rotatable bonds is 4. The normalized spacial score (nSPS) is 21.1. The third-order valence-corrected chi connectivity index (χ3v) is 6.36. The summed E-state index contributed by atoms with van der Waals surface area (Å²) in [4.78, 5) is 41.0. The van der Waals surface area contributed by atoms with Crippen LogP contribution in [-0.2, 0) is 9.59 Å². The summed E-state index contributed by atoms with van der Waals surface area (Å²) in [6.07, 6.45) is 5.52. The third kappa shape index (κ3) is 3.81. The van der Waals surface area contributed by atoms with Gasteiger partial charge in [-0.05, 0) is 44.9 Å². The Hall–Kier alpha value is -3.42. The van der Waals surface area contributed by atoms with Crippen LogP contribution in [0.2, 0.25) is 0 Å². The van der Waals surface area contributed by atoms with Crippen LogP contribution in [0.25, 0.3) is 22.3 Å². The summed E-state index contributed by atoms with van der Waals surface area (Å²) in [5.74, 6) is 1.21. The highest BCUT2D eigenvalue weighted by molar-refractivity contribution is 5.98. The van der Waals surface area contributed by atoms with E-state index in [-0.39, 0.29) is 31.2 Å². The van der Waals surface area contributed by atoms with E-state index in [1.807, 2.05) is 35.4 Å². The Bertz CT molecular complexity index is 1180. The fourth-order valence-electron chi connectivity index (χ4n) is 4.75. The molecule has 2 amide bonds. The van der Waals surface area contributed by atoms with Crippen LogP contribution in [0.5, 0.6) is 0 Å². The third-order valence-electron chi connectivity index (χ3n) is 6.36. The molecule has 0 radical (unpaired) electrons. The lowest BCUT2D eigenvalue weighted by molar-refractivity contribution is -0.133. The Kier molecular flexibility index (Phi) is 5.07. The number of hydrogen-bond donors (Lipinski definition) is 2. The fourth-order valence-corrected chi connectivity index (χ4v) is 4.75. The predicted octanol–water partition coefficient (Wildman–Crippen LogP) is 3.66. The van der Waals surface area contributed by atoms with Crippen molar-refractivity contribution in [2.45, 2.75) is 45.7 Å². The Balaban J connectivity index is 0.00000259. The lowest BCUT2D eigenvalue weighted by Gasteiger charge is -2.44. The summed E-state index contributed by atoms with van der Waals surface area (Å²) < 4.78 is 0. The van der Waals surface area contributed by atoms with Crippen LogP contribution < -0.4 is 10.2 Å². The number of amides is 2. The lowest BCUT2D eigenvalue weighted by Crippen LogP contribution is -2.58. The fraction of sp³-hybridized carbons (Fsp3) is 0.417. The molecule has 2 N–H and O–H groups in total. The minimum absolute atomic E-state index is 0. The summed E-state index contributed by atoms with van der Waals surface area (Å²) in [6, 6.07) is 8.21. The van der Waals surface area contributed by atoms with Gasteiger partial charge in [0.05, 0.1) is 17.6 Å². The van der Waals surface area contributed by atoms with E-state index in [9.17, 15) is 9.59 Å². The highest BCUT2D eigenvalue weighted by Crippen LogP contribution is 2.32. The zero-order valence-electron chi connectivity index (χ0n) is 18.6. The molecule has 4 heterocycles. The van der Waals surface area contributed by atoms with Gasteiger partial charge in [-0.25, -0.2) is 9.97 Å². The zero-order chi connectivity index (χ0) is 22.4. The number of H-pyrrole nitrogens is 1. The van der Waals surface area contributed by atoms with Crippen molar-refractivity contribution >= 4 is 34.4 Å². The van der Waals surface area contributed by atoms with Crippen LogP contribution in [0.4, 0.5) is 11.5 Å². The molecule has 3 aromatic rings. The van der Waals surface area contributed by atoms with Crippen molar-refractivity contribution in [3.63, 3.8) is 0 Å². The van der Waals surface area contributed by atoms with Crippen LogP contribution >= 0.6 is 0 Å². The van der Waals surface area contributed by atoms with Gasteiger partial charge in [0.2, 0.25) is 11.8 Å². The summed E-state index contributed by atoms with van der Waals surface area (Å²) in [5, 5.41) is 3.90. The van der Waals surface area contributed by atoms with E-state index in [0.29, 0.717) is 5.69 Å². The summed E-state index contributed by atoms with van der Waals surface area (Å²) in [6.45, 7) is 7.28. The smallest absolute Gasteiger partial charge is 0.227 e. The molecule has 8 heteroatoms. The Morgan fingerprint density at radius 3 is 2.62 bits per heavy atom. The summed E-state index contributed by atoms with van der Waals surface area (Å²) in [5.41, 5.74) is 3.25. The molecule has 1 saturated heterocycles. The van der Waals surface area contributed by atoms with E-state index < -0.39 is 0 Å². The second-order valence-electron chi connectivity index (χ2n) is 9.00. The topological polar surface area (TPSA) is 94.2 Å². The van der Waals surface area contributed by atoms with Crippen LogP contribution in [0.15, 0.2) is 36.7 Å². The highest BCUT2D eigenvalue weighted by Gasteiger charge is 2.32. The molecule has 32 heavy (non-hydrogen) atoms. The molecule has 1 saturated carbocycles. The number of nitrogens with zero attached hydrogens (tertiary/aromatic N) is 4. The second kappa shape index (κ2) is 7.93. The van der Waals surface area contributed by atoms with Gasteiger partial charge in [0.25, 0.3) is 0 Å². The summed E-state index contributed by atoms with van der Waals surface area (Å²) >= 11 is 0. The maximum absolute atomic E-state index is 12.2. The molecule has 0 aromatic carbocycles. The number of hydrogen-bond acceptors (Lipinski definition) is 5. The van der Waals surface area contributed by atoms with E-state index in [2.05, 4.69) is 34.0 Å². The largest absolute Gasteiger partial charge is 0.352 e. The molecular weight excluding hydrogens is 404 g/mol. The van der Waals surface area contributed by atoms with Crippen molar-refractivity contribution in [1.82, 2.24) is 19.9 Å². The van der Waals surface area contributed by atoms with E-state index >= 15 is 0 Å². The molecule has 3 aromatic heterocycles. The number of pyridine rings is 2. The number of nitrogens with one attached hydrogen (secondary N) is 2. The number of piperazine rings is 1. The molecular formula is C24H30N6O2. The molecule has 1 aliphatic carbocycles. The van der Waals surface area contributed by atoms with Gasteiger partial charge in [0.15, 0.2) is 0 Å². The molecule has 2 atom stereocenters. The molecule has 1 aliphatic heterocycles. The number of aromatic amines is 1. The van der Waals surface area contributed by atoms with Gasteiger partial charge in [-0.15, -0.1) is 0 Å². The average molecular weight is 435 g/mol. The number of aromatic nitrogens is 3. The second-order valence-corrected chi connectivity index (χ2v) is 9.00. The van der Waals surface area contributed by atoms with Gasteiger partial charge < -0.3 is 20.1 Å². The van der Waals surface area contributed by atoms with Crippen molar-refractivity contribution < 1.29 is 11.0 Å². The standard InChI is InChI=1S/C24H28N6O2.H2/c1-14-12-29(13-15(2)30(14)16(3)31)22-6-4-5-21(28-22)20-11-26-23-19(20)9-18(10-25-23)27-24(32)17-7-8-17;/h4-6,9-11,14-15,17H,7-8,12-13H2,1-3H3,(H,25,26)(H,27,32);1H/t14-,15+;. The number of carbonyl (C=O) groups excluding carboxylic acids is 2. The maximum atomic E-state index is 12.2. The Morgan fingerprint density at radius 1 is 1.19 bits per heavy atom. The van der Waals surface area contributed by atoms with Crippen molar-refractivity contribution in [2.75, 3.05) is 23.3 Å². The molecule has 2 aliphatic rings. The monoisotopic (exact) mass is 434 g/mol. The highest BCUT2D eigenvalue weighted by atomic mass is 16.2. The first-order valence-corrected chi connectivity index (χ1v) is 11.2. The van der Waals surface area contributed by atoms with Crippen LogP contribution in [-0.4, -0.2) is 56.8 Å². The zero-order valence-corrected chi connectivity index (χ0v) is 18.6. The van der Waals surface area contributed by atoms with E-state index in [0.717, 1.165) is 54.0 Å². The Morgan fingerprint density at radius 2 is 1.94 bits per heavy atom. The first-order valence-electron chi connectivity index (χ1n) is 11.2. The van der Waals surface area contributed by atoms with Gasteiger partial charge in [0, 0.05) is 56.6 Å². The molecule has 168 valence electrons. The lowest BCUT2D eigenvalue weighted by atomic mass is 10.1. The number of anilines is 2. The Labute approximate surface area is 188 Å². The first kappa shape index (κ1) is 20.5. The van der Waals surface area contributed by atoms with Gasteiger partial charge in [-0.2, -0.15) is 0 Å². The quantitative estimate of drug-likeness (QED) is 0.653. The van der Waals surface area contributed by atoms with Crippen molar-refractivity contribution in [1.29, 1.82) is 0 Å². The molecule has 5 rings (SSSR count). The van der Waals surface area contributed by atoms with Crippen molar-refractivity contribution in [3.05, 3.63) is 36.7 Å². The SMILES string of the molecule is CC(=O)N1[C@H](C)CN(c2cccc(-c3c[nH]c4ncc(NC(=O)C5CC5)cc34)n2)C[C@@H]1C.[HH]. The number of carbonyl (C=O) groups is 2. The first-order chi connectivity index (χ1) is 15.4. The van der Waals surface area contributed by atoms with Crippen molar-refractivity contribution in [3.8, 4) is 11.3 Å². The van der Waals surface area contributed by atoms with E-state index in [1.165, 1.54) is 0 Å². The molecule has 8 nitrogen and oxygen atoms in total. The minimum atomic E-state index is 0. The molecule has 0 bridgehead atoms. The van der Waals surface area contributed by atoms with Gasteiger partial charge in [-0.1, -0.05) is 6.07 Å². The molecule has 0 spiro atoms. The van der Waals surface area contributed by atoms with Crippen LogP contribution in [0.3, 0.4) is 0 Å². The van der Waals surface area contributed by atoms with Gasteiger partial charge in [0.1, 0.15) is 11.5 Å². The predicted molar refractivity (Wildman–Crippen MR) is 126 cm³/mol. The van der Waals surface area contributed by atoms with Gasteiger partial charge in [-0.3, -0.25) is 9.59 Å².